The number of hydrogen-bond acceptors (Lipinski definition) is 6. The lowest BCUT2D eigenvalue weighted by Crippen LogP contribution is -2.18. The van der Waals surface area contributed by atoms with Crippen molar-refractivity contribution in [2.45, 2.75) is 39.3 Å². The molecule has 0 atom stereocenters. The molecule has 0 bridgehead atoms. The van der Waals surface area contributed by atoms with E-state index in [1.54, 1.807) is 11.6 Å². The predicted molar refractivity (Wildman–Crippen MR) is 104 cm³/mol. The molecule has 0 radical (unpaired) electrons. The van der Waals surface area contributed by atoms with Gasteiger partial charge in [0.2, 0.25) is 11.8 Å². The number of carbonyl (C=O) groups excluding carboxylic acids is 1. The Balaban J connectivity index is 1.38. The monoisotopic (exact) mass is 380 g/mol. The van der Waals surface area contributed by atoms with Crippen LogP contribution < -0.4 is 5.32 Å². The highest BCUT2D eigenvalue weighted by Crippen LogP contribution is 2.28. The Kier molecular flexibility index (Phi) is 4.95. The van der Waals surface area contributed by atoms with Crippen molar-refractivity contribution in [3.05, 3.63) is 58.4 Å². The molecule has 0 saturated heterocycles. The minimum Gasteiger partial charge on any atom is -0.424 e. The SMILES string of the molecule is Cc1nnc(CN(C)Cc2ccc(C(=O)Nc3c4c(nn3C)CCC4)cc2)o1. The summed E-state index contributed by atoms with van der Waals surface area (Å²) >= 11 is 0. The fourth-order valence-electron chi connectivity index (χ4n) is 3.62. The van der Waals surface area contributed by atoms with E-state index in [1.165, 1.54) is 5.56 Å². The van der Waals surface area contributed by atoms with Crippen molar-refractivity contribution in [3.8, 4) is 0 Å². The van der Waals surface area contributed by atoms with Gasteiger partial charge >= 0.3 is 0 Å². The molecule has 8 nitrogen and oxygen atoms in total. The lowest BCUT2D eigenvalue weighted by atomic mass is 10.1. The molecule has 0 unspecified atom stereocenters. The van der Waals surface area contributed by atoms with Crippen LogP contribution in [-0.2, 0) is 33.0 Å². The quantitative estimate of drug-likeness (QED) is 0.707. The molecule has 1 aliphatic carbocycles. The Labute approximate surface area is 163 Å². The van der Waals surface area contributed by atoms with Gasteiger partial charge in [-0.05, 0) is 44.0 Å². The highest BCUT2D eigenvalue weighted by atomic mass is 16.4. The van der Waals surface area contributed by atoms with E-state index in [0.29, 0.717) is 23.9 Å². The van der Waals surface area contributed by atoms with E-state index in [1.807, 2.05) is 38.4 Å². The number of fused-ring (bicyclic) bond motifs is 1. The average Bonchev–Trinajstić information content (AvgIpc) is 3.34. The topological polar surface area (TPSA) is 89.1 Å². The van der Waals surface area contributed by atoms with Crippen molar-refractivity contribution in [2.24, 2.45) is 7.05 Å². The van der Waals surface area contributed by atoms with Gasteiger partial charge in [-0.25, -0.2) is 0 Å². The highest BCUT2D eigenvalue weighted by Gasteiger charge is 2.22. The maximum atomic E-state index is 12.7. The summed E-state index contributed by atoms with van der Waals surface area (Å²) in [4.78, 5) is 14.7. The van der Waals surface area contributed by atoms with Gasteiger partial charge < -0.3 is 9.73 Å². The first-order chi connectivity index (χ1) is 13.5. The Hall–Kier alpha value is -3.00. The standard InChI is InChI=1S/C20H24N6O2/c1-13-22-23-18(28-13)12-25(2)11-14-7-9-15(10-8-14)20(27)21-19-16-5-4-6-17(16)24-26(19)3/h7-10H,4-6,11-12H2,1-3H3,(H,21,27). The summed E-state index contributed by atoms with van der Waals surface area (Å²) in [6.07, 6.45) is 3.07. The van der Waals surface area contributed by atoms with E-state index in [9.17, 15) is 4.79 Å². The molecule has 1 amide bonds. The maximum absolute atomic E-state index is 12.7. The Morgan fingerprint density at radius 2 is 2.00 bits per heavy atom. The predicted octanol–water partition coefficient (Wildman–Crippen LogP) is 2.48. The Morgan fingerprint density at radius 1 is 1.21 bits per heavy atom. The van der Waals surface area contributed by atoms with E-state index < -0.39 is 0 Å². The van der Waals surface area contributed by atoms with E-state index in [-0.39, 0.29) is 5.91 Å². The molecule has 28 heavy (non-hydrogen) atoms. The van der Waals surface area contributed by atoms with Gasteiger partial charge in [0.05, 0.1) is 12.2 Å². The van der Waals surface area contributed by atoms with E-state index in [2.05, 4.69) is 25.5 Å². The Bertz CT molecular complexity index is 989. The number of benzene rings is 1. The van der Waals surface area contributed by atoms with E-state index in [4.69, 9.17) is 4.42 Å². The van der Waals surface area contributed by atoms with Crippen LogP contribution in [0.3, 0.4) is 0 Å². The Morgan fingerprint density at radius 3 is 2.71 bits per heavy atom. The molecule has 1 N–H and O–H groups in total. The molecule has 0 saturated carbocycles. The minimum atomic E-state index is -0.112. The minimum absolute atomic E-state index is 0.112. The lowest BCUT2D eigenvalue weighted by molar-refractivity contribution is 0.102. The molecule has 2 heterocycles. The van der Waals surface area contributed by atoms with Gasteiger partial charge in [-0.2, -0.15) is 5.10 Å². The molecule has 2 aromatic heterocycles. The second-order valence-electron chi connectivity index (χ2n) is 7.29. The molecular formula is C20H24N6O2. The van der Waals surface area contributed by atoms with Crippen LogP contribution in [0.25, 0.3) is 0 Å². The third-order valence-electron chi connectivity index (χ3n) is 4.94. The van der Waals surface area contributed by atoms with Crippen LogP contribution in [0.2, 0.25) is 0 Å². The molecule has 8 heteroatoms. The third-order valence-corrected chi connectivity index (χ3v) is 4.94. The number of anilines is 1. The van der Waals surface area contributed by atoms with Crippen LogP contribution in [0, 0.1) is 6.92 Å². The van der Waals surface area contributed by atoms with Crippen LogP contribution >= 0.6 is 0 Å². The fourth-order valence-corrected chi connectivity index (χ4v) is 3.62. The molecule has 1 aliphatic rings. The molecule has 0 fully saturated rings. The van der Waals surface area contributed by atoms with Gasteiger partial charge in [0, 0.05) is 31.6 Å². The normalized spacial score (nSPS) is 13.1. The first-order valence-electron chi connectivity index (χ1n) is 9.42. The molecule has 0 spiro atoms. The molecule has 3 aromatic rings. The summed E-state index contributed by atoms with van der Waals surface area (Å²) in [6.45, 7) is 3.08. The highest BCUT2D eigenvalue weighted by molar-refractivity contribution is 6.04. The zero-order chi connectivity index (χ0) is 19.7. The summed E-state index contributed by atoms with van der Waals surface area (Å²) in [7, 11) is 3.86. The van der Waals surface area contributed by atoms with Crippen LogP contribution in [0.1, 0.15) is 45.4 Å². The lowest BCUT2D eigenvalue weighted by Gasteiger charge is -2.14. The molecule has 4 rings (SSSR count). The van der Waals surface area contributed by atoms with Gasteiger partial charge in [0.1, 0.15) is 5.82 Å². The largest absolute Gasteiger partial charge is 0.424 e. The van der Waals surface area contributed by atoms with Gasteiger partial charge in [-0.1, -0.05) is 12.1 Å². The smallest absolute Gasteiger partial charge is 0.256 e. The summed E-state index contributed by atoms with van der Waals surface area (Å²) < 4.78 is 7.18. The maximum Gasteiger partial charge on any atom is 0.256 e. The molecule has 146 valence electrons. The summed E-state index contributed by atoms with van der Waals surface area (Å²) in [6, 6.07) is 7.65. The summed E-state index contributed by atoms with van der Waals surface area (Å²) in [5.74, 6) is 1.87. The van der Waals surface area contributed by atoms with Crippen molar-refractivity contribution in [2.75, 3.05) is 12.4 Å². The van der Waals surface area contributed by atoms with Crippen molar-refractivity contribution in [1.82, 2.24) is 24.9 Å². The van der Waals surface area contributed by atoms with E-state index in [0.717, 1.165) is 42.9 Å². The van der Waals surface area contributed by atoms with Crippen molar-refractivity contribution >= 4 is 11.7 Å². The number of aryl methyl sites for hydroxylation is 3. The van der Waals surface area contributed by atoms with Gasteiger partial charge in [-0.15, -0.1) is 10.2 Å². The number of rotatable bonds is 6. The van der Waals surface area contributed by atoms with Crippen molar-refractivity contribution in [1.29, 1.82) is 0 Å². The number of nitrogens with one attached hydrogen (secondary N) is 1. The zero-order valence-electron chi connectivity index (χ0n) is 16.4. The van der Waals surface area contributed by atoms with Gasteiger partial charge in [0.25, 0.3) is 5.91 Å². The molecule has 1 aromatic carbocycles. The number of nitrogens with zero attached hydrogens (tertiary/aromatic N) is 5. The second-order valence-corrected chi connectivity index (χ2v) is 7.29. The van der Waals surface area contributed by atoms with Crippen LogP contribution in [-0.4, -0.2) is 37.8 Å². The van der Waals surface area contributed by atoms with Crippen molar-refractivity contribution < 1.29 is 9.21 Å². The third kappa shape index (κ3) is 3.82. The second kappa shape index (κ2) is 7.55. The van der Waals surface area contributed by atoms with Crippen LogP contribution in [0.15, 0.2) is 28.7 Å². The number of amides is 1. The van der Waals surface area contributed by atoms with Gasteiger partial charge in [-0.3, -0.25) is 14.4 Å². The average molecular weight is 380 g/mol. The van der Waals surface area contributed by atoms with Crippen LogP contribution in [0.5, 0.6) is 0 Å². The first-order valence-corrected chi connectivity index (χ1v) is 9.42. The molecular weight excluding hydrogens is 356 g/mol. The van der Waals surface area contributed by atoms with Crippen LogP contribution in [0.4, 0.5) is 5.82 Å². The summed E-state index contributed by atoms with van der Waals surface area (Å²) in [5, 5.41) is 15.4. The molecule has 0 aliphatic heterocycles. The zero-order valence-corrected chi connectivity index (χ0v) is 16.4. The first kappa shape index (κ1) is 18.4. The van der Waals surface area contributed by atoms with E-state index >= 15 is 0 Å². The fraction of sp³-hybridized carbons (Fsp3) is 0.400. The summed E-state index contributed by atoms with van der Waals surface area (Å²) in [5.41, 5.74) is 4.02. The van der Waals surface area contributed by atoms with Crippen molar-refractivity contribution in [3.63, 3.8) is 0 Å². The number of carbonyl (C=O) groups is 1. The number of aromatic nitrogens is 4. The van der Waals surface area contributed by atoms with Gasteiger partial charge in [0.15, 0.2) is 0 Å². The number of hydrogen-bond donors (Lipinski definition) is 1.